The van der Waals surface area contributed by atoms with Gasteiger partial charge < -0.3 is 15.0 Å². The van der Waals surface area contributed by atoms with E-state index in [1.807, 2.05) is 38.1 Å². The number of rotatable bonds is 10. The first-order chi connectivity index (χ1) is 16.7. The molecule has 1 aliphatic heterocycles. The number of hydrogen-bond acceptors (Lipinski definition) is 5. The molecule has 0 spiro atoms. The van der Waals surface area contributed by atoms with Gasteiger partial charge in [0.1, 0.15) is 11.8 Å². The van der Waals surface area contributed by atoms with Crippen LogP contribution < -0.4 is 10.1 Å². The fourth-order valence-corrected chi connectivity index (χ4v) is 5.00. The maximum atomic E-state index is 14.1. The Hall–Kier alpha value is -2.94. The van der Waals surface area contributed by atoms with Crippen molar-refractivity contribution in [2.45, 2.75) is 57.5 Å². The van der Waals surface area contributed by atoms with E-state index < -0.39 is 23.7 Å². The van der Waals surface area contributed by atoms with Gasteiger partial charge >= 0.3 is 0 Å². The molecule has 1 aliphatic rings. The van der Waals surface area contributed by atoms with Crippen molar-refractivity contribution < 1.29 is 27.9 Å². The Morgan fingerprint density at radius 1 is 1.17 bits per heavy atom. The van der Waals surface area contributed by atoms with Gasteiger partial charge in [-0.2, -0.15) is 0 Å². The second-order valence-corrected chi connectivity index (χ2v) is 9.86. The minimum absolute atomic E-state index is 0.0116. The third kappa shape index (κ3) is 7.04. The van der Waals surface area contributed by atoms with Gasteiger partial charge in [0.25, 0.3) is 0 Å². The normalized spacial score (nSPS) is 16.5. The Balaban J connectivity index is 1.58. The molecular formula is C26H30F2N2O4S. The summed E-state index contributed by atoms with van der Waals surface area (Å²) in [6.07, 6.45) is 0.664. The zero-order valence-electron chi connectivity index (χ0n) is 20.1. The SMILES string of the molecule is COc1ccc(CSC(=O)C(NC(=O)C[C@@H]2CCC(=O)N2Cc2cccc(F)c2F)C(C)C)cc1. The van der Waals surface area contributed by atoms with Crippen LogP contribution in [0.5, 0.6) is 5.75 Å². The molecule has 6 nitrogen and oxygen atoms in total. The molecule has 2 atom stereocenters. The molecule has 0 aromatic heterocycles. The highest BCUT2D eigenvalue weighted by Crippen LogP contribution is 2.26. The van der Waals surface area contributed by atoms with E-state index in [2.05, 4.69) is 5.32 Å². The van der Waals surface area contributed by atoms with E-state index in [0.29, 0.717) is 12.2 Å². The number of nitrogens with zero attached hydrogens (tertiary/aromatic N) is 1. The van der Waals surface area contributed by atoms with Crippen LogP contribution in [0.3, 0.4) is 0 Å². The first kappa shape index (κ1) is 26.7. The van der Waals surface area contributed by atoms with Crippen molar-refractivity contribution >= 4 is 28.7 Å². The van der Waals surface area contributed by atoms with Crippen molar-refractivity contribution in [2.24, 2.45) is 5.92 Å². The second kappa shape index (κ2) is 12.2. The summed E-state index contributed by atoms with van der Waals surface area (Å²) in [6, 6.07) is 10.1. The van der Waals surface area contributed by atoms with E-state index in [4.69, 9.17) is 4.74 Å². The van der Waals surface area contributed by atoms with Crippen LogP contribution in [0.25, 0.3) is 0 Å². The summed E-state index contributed by atoms with van der Waals surface area (Å²) in [5, 5.41) is 2.67. The minimum Gasteiger partial charge on any atom is -0.497 e. The van der Waals surface area contributed by atoms with Crippen molar-refractivity contribution in [3.8, 4) is 5.75 Å². The molecule has 0 bridgehead atoms. The summed E-state index contributed by atoms with van der Waals surface area (Å²) in [4.78, 5) is 39.5. The smallest absolute Gasteiger partial charge is 0.223 e. The molecule has 0 radical (unpaired) electrons. The van der Waals surface area contributed by atoms with E-state index >= 15 is 0 Å². The number of thioether (sulfide) groups is 1. The van der Waals surface area contributed by atoms with E-state index in [1.165, 1.54) is 17.0 Å². The number of amides is 2. The first-order valence-corrected chi connectivity index (χ1v) is 12.5. The Kier molecular flexibility index (Phi) is 9.26. The zero-order valence-corrected chi connectivity index (χ0v) is 20.9. The van der Waals surface area contributed by atoms with Crippen molar-refractivity contribution in [1.82, 2.24) is 10.2 Å². The van der Waals surface area contributed by atoms with E-state index in [1.54, 1.807) is 7.11 Å². The minimum atomic E-state index is -0.991. The lowest BCUT2D eigenvalue weighted by Gasteiger charge is -2.26. The lowest BCUT2D eigenvalue weighted by molar-refractivity contribution is -0.131. The number of ether oxygens (including phenoxy) is 1. The molecule has 3 rings (SSSR count). The van der Waals surface area contributed by atoms with Crippen LogP contribution in [-0.2, 0) is 26.7 Å². The lowest BCUT2D eigenvalue weighted by atomic mass is 10.0. The van der Waals surface area contributed by atoms with Gasteiger partial charge in [0, 0.05) is 36.7 Å². The molecule has 2 aromatic rings. The number of carbonyl (C=O) groups is 3. The highest BCUT2D eigenvalue weighted by Gasteiger charge is 2.34. The molecule has 188 valence electrons. The predicted molar refractivity (Wildman–Crippen MR) is 131 cm³/mol. The van der Waals surface area contributed by atoms with Gasteiger partial charge in [0.15, 0.2) is 11.6 Å². The van der Waals surface area contributed by atoms with Gasteiger partial charge in [-0.15, -0.1) is 0 Å². The van der Waals surface area contributed by atoms with Crippen molar-refractivity contribution in [3.05, 3.63) is 65.2 Å². The van der Waals surface area contributed by atoms with Crippen molar-refractivity contribution in [2.75, 3.05) is 7.11 Å². The average molecular weight is 505 g/mol. The second-order valence-electron chi connectivity index (χ2n) is 8.88. The van der Waals surface area contributed by atoms with Crippen LogP contribution in [0, 0.1) is 17.6 Å². The largest absolute Gasteiger partial charge is 0.497 e. The monoisotopic (exact) mass is 504 g/mol. The van der Waals surface area contributed by atoms with Gasteiger partial charge in [0.05, 0.1) is 7.11 Å². The topological polar surface area (TPSA) is 75.7 Å². The fraction of sp³-hybridized carbons (Fsp3) is 0.423. The van der Waals surface area contributed by atoms with Crippen LogP contribution in [0.2, 0.25) is 0 Å². The summed E-state index contributed by atoms with van der Waals surface area (Å²) in [7, 11) is 1.59. The van der Waals surface area contributed by atoms with Gasteiger partial charge in [0.2, 0.25) is 16.9 Å². The van der Waals surface area contributed by atoms with Crippen LogP contribution in [0.4, 0.5) is 8.78 Å². The highest BCUT2D eigenvalue weighted by molar-refractivity contribution is 8.13. The molecule has 35 heavy (non-hydrogen) atoms. The number of benzene rings is 2. The molecular weight excluding hydrogens is 474 g/mol. The summed E-state index contributed by atoms with van der Waals surface area (Å²) < 4.78 is 32.8. The summed E-state index contributed by atoms with van der Waals surface area (Å²) >= 11 is 1.13. The molecule has 0 saturated carbocycles. The molecule has 9 heteroatoms. The number of methoxy groups -OCH3 is 1. The molecule has 0 aliphatic carbocycles. The first-order valence-electron chi connectivity index (χ1n) is 11.5. The van der Waals surface area contributed by atoms with Gasteiger partial charge in [-0.25, -0.2) is 8.78 Å². The predicted octanol–water partition coefficient (Wildman–Crippen LogP) is 4.46. The van der Waals surface area contributed by atoms with Crippen molar-refractivity contribution in [1.29, 1.82) is 0 Å². The number of halogens is 2. The molecule has 1 fully saturated rings. The molecule has 1 heterocycles. The Morgan fingerprint density at radius 2 is 1.89 bits per heavy atom. The Bertz CT molecular complexity index is 1060. The number of hydrogen-bond donors (Lipinski definition) is 1. The summed E-state index contributed by atoms with van der Waals surface area (Å²) in [6.45, 7) is 3.61. The van der Waals surface area contributed by atoms with Crippen LogP contribution >= 0.6 is 11.8 Å². The van der Waals surface area contributed by atoms with Crippen molar-refractivity contribution in [3.63, 3.8) is 0 Å². The molecule has 1 N–H and O–H groups in total. The maximum Gasteiger partial charge on any atom is 0.223 e. The van der Waals surface area contributed by atoms with Crippen LogP contribution in [0.1, 0.15) is 44.2 Å². The van der Waals surface area contributed by atoms with E-state index in [-0.39, 0.29) is 47.8 Å². The quantitative estimate of drug-likeness (QED) is 0.517. The molecule has 1 saturated heterocycles. The van der Waals surface area contributed by atoms with Gasteiger partial charge in [-0.1, -0.05) is 49.9 Å². The van der Waals surface area contributed by atoms with Crippen LogP contribution in [-0.4, -0.2) is 41.0 Å². The number of nitrogens with one attached hydrogen (secondary N) is 1. The molecule has 1 unspecified atom stereocenters. The highest BCUT2D eigenvalue weighted by atomic mass is 32.2. The Morgan fingerprint density at radius 3 is 2.54 bits per heavy atom. The third-order valence-electron chi connectivity index (χ3n) is 6.02. The summed E-state index contributed by atoms with van der Waals surface area (Å²) in [5.74, 6) is -1.46. The fourth-order valence-electron chi connectivity index (χ4n) is 3.99. The third-order valence-corrected chi connectivity index (χ3v) is 7.04. The zero-order chi connectivity index (χ0) is 25.5. The van der Waals surface area contributed by atoms with Gasteiger partial charge in [-0.3, -0.25) is 14.4 Å². The van der Waals surface area contributed by atoms with E-state index in [9.17, 15) is 23.2 Å². The van der Waals surface area contributed by atoms with E-state index in [0.717, 1.165) is 29.1 Å². The number of carbonyl (C=O) groups excluding carboxylic acids is 3. The van der Waals surface area contributed by atoms with Gasteiger partial charge in [-0.05, 0) is 36.1 Å². The lowest BCUT2D eigenvalue weighted by Crippen LogP contribution is -2.45. The maximum absolute atomic E-state index is 14.1. The average Bonchev–Trinajstić information content (AvgIpc) is 3.17. The van der Waals surface area contributed by atoms with Crippen LogP contribution in [0.15, 0.2) is 42.5 Å². The summed E-state index contributed by atoms with van der Waals surface area (Å²) in [5.41, 5.74) is 1.03. The standard InChI is InChI=1S/C26H30F2N2O4S/c1-16(2)25(26(33)35-15-17-7-10-20(34-3)11-8-17)29-22(31)13-19-9-12-23(32)30(19)14-18-5-4-6-21(27)24(18)28/h4-8,10-11,16,19,25H,9,12-15H2,1-3H3,(H,29,31)/t19-,25?/m0/s1. The number of likely N-dealkylation sites (tertiary alicyclic amines) is 1. The Labute approximate surface area is 208 Å². The molecule has 2 amide bonds. The molecule has 2 aromatic carbocycles.